The molecule has 0 bridgehead atoms. The minimum Gasteiger partial charge on any atom is -0.491 e. The van der Waals surface area contributed by atoms with Crippen molar-refractivity contribution in [3.05, 3.63) is 29.8 Å². The molecule has 0 saturated carbocycles. The number of aliphatic hydroxyl groups excluding tert-OH is 1. The molecule has 6 heteroatoms. The van der Waals surface area contributed by atoms with Crippen LogP contribution in [-0.2, 0) is 4.74 Å². The zero-order chi connectivity index (χ0) is 12.9. The number of ether oxygens (including phenoxy) is 2. The largest absolute Gasteiger partial charge is 0.522 e. The van der Waals surface area contributed by atoms with Crippen molar-refractivity contribution in [2.45, 2.75) is 19.4 Å². The molecule has 96 valence electrons. The van der Waals surface area contributed by atoms with Gasteiger partial charge in [0, 0.05) is 0 Å². The van der Waals surface area contributed by atoms with Gasteiger partial charge in [0.2, 0.25) is 0 Å². The molecule has 1 aromatic rings. The molecule has 1 unspecified atom stereocenters. The molecular weight excluding hydrogens is 237 g/mol. The van der Waals surface area contributed by atoms with Crippen LogP contribution < -0.4 is 4.74 Å². The summed E-state index contributed by atoms with van der Waals surface area (Å²) in [5, 5.41) is 9.23. The summed E-state index contributed by atoms with van der Waals surface area (Å²) < 4.78 is 43.4. The fourth-order valence-corrected chi connectivity index (χ4v) is 1.16. The second kappa shape index (κ2) is 5.88. The van der Waals surface area contributed by atoms with Gasteiger partial charge in [-0.05, 0) is 24.6 Å². The van der Waals surface area contributed by atoms with E-state index < -0.39 is 19.1 Å². The van der Waals surface area contributed by atoms with E-state index in [9.17, 15) is 18.3 Å². The van der Waals surface area contributed by atoms with E-state index >= 15 is 0 Å². The second-order valence-electron chi connectivity index (χ2n) is 3.39. The van der Waals surface area contributed by atoms with Gasteiger partial charge in [-0.25, -0.2) is 0 Å². The van der Waals surface area contributed by atoms with Crippen molar-refractivity contribution >= 4 is 0 Å². The van der Waals surface area contributed by atoms with Gasteiger partial charge in [0.15, 0.2) is 0 Å². The van der Waals surface area contributed by atoms with Crippen LogP contribution in [0.2, 0.25) is 0 Å². The molecule has 1 aromatic carbocycles. The molecule has 0 aliphatic carbocycles. The van der Waals surface area contributed by atoms with Crippen LogP contribution in [0.4, 0.5) is 13.2 Å². The Morgan fingerprint density at radius 2 is 1.76 bits per heavy atom. The zero-order valence-electron chi connectivity index (χ0n) is 9.20. The SMILES string of the molecule is CC(O)c1ccc(OCCOC(F)(F)F)cc1. The highest BCUT2D eigenvalue weighted by molar-refractivity contribution is 5.28. The molecule has 0 aliphatic heterocycles. The number of hydrogen-bond donors (Lipinski definition) is 1. The van der Waals surface area contributed by atoms with E-state index in [1.807, 2.05) is 0 Å². The zero-order valence-corrected chi connectivity index (χ0v) is 9.20. The standard InChI is InChI=1S/C11H13F3O3/c1-8(15)9-2-4-10(5-3-9)16-6-7-17-11(12,13)14/h2-5,8,15H,6-7H2,1H3. The maximum atomic E-state index is 11.6. The van der Waals surface area contributed by atoms with E-state index in [0.29, 0.717) is 11.3 Å². The van der Waals surface area contributed by atoms with Gasteiger partial charge in [0.25, 0.3) is 0 Å². The van der Waals surface area contributed by atoms with Crippen molar-refractivity contribution in [2.75, 3.05) is 13.2 Å². The van der Waals surface area contributed by atoms with E-state index in [4.69, 9.17) is 4.74 Å². The van der Waals surface area contributed by atoms with E-state index in [-0.39, 0.29) is 6.61 Å². The molecule has 0 amide bonds. The lowest BCUT2D eigenvalue weighted by Crippen LogP contribution is -2.18. The Bertz CT molecular complexity index is 333. The molecule has 1 N–H and O–H groups in total. The van der Waals surface area contributed by atoms with Crippen LogP contribution in [0.1, 0.15) is 18.6 Å². The molecule has 17 heavy (non-hydrogen) atoms. The molecule has 0 radical (unpaired) electrons. The molecule has 1 rings (SSSR count). The Balaban J connectivity index is 2.33. The summed E-state index contributed by atoms with van der Waals surface area (Å²) in [6, 6.07) is 6.44. The quantitative estimate of drug-likeness (QED) is 0.816. The molecule has 0 aromatic heterocycles. The van der Waals surface area contributed by atoms with Crippen molar-refractivity contribution in [1.29, 1.82) is 0 Å². The first-order chi connectivity index (χ1) is 7.88. The van der Waals surface area contributed by atoms with Crippen molar-refractivity contribution in [2.24, 2.45) is 0 Å². The minimum absolute atomic E-state index is 0.187. The minimum atomic E-state index is -4.63. The molecule has 1 atom stereocenters. The molecule has 0 aliphatic rings. The topological polar surface area (TPSA) is 38.7 Å². The third kappa shape index (κ3) is 5.55. The lowest BCUT2D eigenvalue weighted by atomic mass is 10.1. The van der Waals surface area contributed by atoms with Gasteiger partial charge in [-0.2, -0.15) is 0 Å². The van der Waals surface area contributed by atoms with E-state index in [0.717, 1.165) is 0 Å². The lowest BCUT2D eigenvalue weighted by molar-refractivity contribution is -0.325. The van der Waals surface area contributed by atoms with Crippen molar-refractivity contribution in [1.82, 2.24) is 0 Å². The van der Waals surface area contributed by atoms with Crippen molar-refractivity contribution in [3.63, 3.8) is 0 Å². The van der Waals surface area contributed by atoms with Crippen LogP contribution in [0.3, 0.4) is 0 Å². The van der Waals surface area contributed by atoms with Gasteiger partial charge < -0.3 is 9.84 Å². The van der Waals surface area contributed by atoms with Gasteiger partial charge in [0.05, 0.1) is 12.7 Å². The van der Waals surface area contributed by atoms with Crippen LogP contribution in [0.25, 0.3) is 0 Å². The first-order valence-electron chi connectivity index (χ1n) is 5.00. The molecular formula is C11H13F3O3. The summed E-state index contributed by atoms with van der Waals surface area (Å²) in [5.41, 5.74) is 0.712. The Morgan fingerprint density at radius 3 is 2.24 bits per heavy atom. The summed E-state index contributed by atoms with van der Waals surface area (Å²) in [4.78, 5) is 0. The van der Waals surface area contributed by atoms with Crippen LogP contribution >= 0.6 is 0 Å². The van der Waals surface area contributed by atoms with Crippen LogP contribution in [0.5, 0.6) is 5.75 Å². The maximum absolute atomic E-state index is 11.6. The molecule has 3 nitrogen and oxygen atoms in total. The van der Waals surface area contributed by atoms with Gasteiger partial charge >= 0.3 is 6.36 Å². The number of aliphatic hydroxyl groups is 1. The lowest BCUT2D eigenvalue weighted by Gasteiger charge is -2.10. The highest BCUT2D eigenvalue weighted by Gasteiger charge is 2.28. The number of benzene rings is 1. The summed E-state index contributed by atoms with van der Waals surface area (Å²) in [5.74, 6) is 0.431. The first kappa shape index (κ1) is 13.8. The predicted octanol–water partition coefficient (Wildman–Crippen LogP) is 2.66. The molecule has 0 fully saturated rings. The van der Waals surface area contributed by atoms with Crippen LogP contribution in [-0.4, -0.2) is 24.7 Å². The van der Waals surface area contributed by atoms with Gasteiger partial charge in [-0.1, -0.05) is 12.1 Å². The number of rotatable bonds is 5. The summed E-state index contributed by atoms with van der Waals surface area (Å²) >= 11 is 0. The highest BCUT2D eigenvalue weighted by Crippen LogP contribution is 2.18. The second-order valence-corrected chi connectivity index (χ2v) is 3.39. The van der Waals surface area contributed by atoms with E-state index in [1.54, 1.807) is 31.2 Å². The van der Waals surface area contributed by atoms with Crippen LogP contribution in [0.15, 0.2) is 24.3 Å². The van der Waals surface area contributed by atoms with Crippen LogP contribution in [0, 0.1) is 0 Å². The Hall–Kier alpha value is -1.27. The maximum Gasteiger partial charge on any atom is 0.522 e. The smallest absolute Gasteiger partial charge is 0.491 e. The summed E-state index contributed by atoms with van der Waals surface area (Å²) in [7, 11) is 0. The summed E-state index contributed by atoms with van der Waals surface area (Å²) in [6.07, 6.45) is -5.21. The number of alkyl halides is 3. The monoisotopic (exact) mass is 250 g/mol. The highest BCUT2D eigenvalue weighted by atomic mass is 19.4. The normalized spacial score (nSPS) is 13.5. The van der Waals surface area contributed by atoms with Gasteiger partial charge in [-0.15, -0.1) is 13.2 Å². The summed E-state index contributed by atoms with van der Waals surface area (Å²) in [6.45, 7) is 0.877. The van der Waals surface area contributed by atoms with Crippen molar-refractivity contribution in [3.8, 4) is 5.75 Å². The Morgan fingerprint density at radius 1 is 1.18 bits per heavy atom. The average Bonchev–Trinajstić information content (AvgIpc) is 2.24. The third-order valence-electron chi connectivity index (χ3n) is 1.98. The molecule has 0 spiro atoms. The fraction of sp³-hybridized carbons (Fsp3) is 0.455. The molecule has 0 heterocycles. The van der Waals surface area contributed by atoms with E-state index in [1.165, 1.54) is 0 Å². The number of hydrogen-bond acceptors (Lipinski definition) is 3. The predicted molar refractivity (Wildman–Crippen MR) is 54.6 cm³/mol. The van der Waals surface area contributed by atoms with Crippen molar-refractivity contribution < 1.29 is 27.8 Å². The van der Waals surface area contributed by atoms with Gasteiger partial charge in [0.1, 0.15) is 12.4 Å². The Labute approximate surface area is 96.8 Å². The molecule has 0 saturated heterocycles. The fourth-order valence-electron chi connectivity index (χ4n) is 1.16. The average molecular weight is 250 g/mol. The number of halogens is 3. The Kier molecular flexibility index (Phi) is 4.77. The van der Waals surface area contributed by atoms with Gasteiger partial charge in [-0.3, -0.25) is 4.74 Å². The van der Waals surface area contributed by atoms with E-state index in [2.05, 4.69) is 4.74 Å². The first-order valence-corrected chi connectivity index (χ1v) is 5.00. The third-order valence-corrected chi connectivity index (χ3v) is 1.98.